The van der Waals surface area contributed by atoms with Crippen LogP contribution in [-0.4, -0.2) is 32.2 Å². The molecule has 0 fully saturated rings. The summed E-state index contributed by atoms with van der Waals surface area (Å²) in [5, 5.41) is 2.74. The number of sulfonamides is 1. The fourth-order valence-electron chi connectivity index (χ4n) is 2.24. The number of likely N-dealkylation sites (N-methyl/N-ethyl adjacent to an activating group) is 1. The fourth-order valence-corrected chi connectivity index (χ4v) is 3.90. The zero-order valence-electron chi connectivity index (χ0n) is 14.4. The molecule has 0 radical (unpaired) electrons. The van der Waals surface area contributed by atoms with Crippen LogP contribution in [0.1, 0.15) is 16.7 Å². The van der Waals surface area contributed by atoms with Crippen molar-refractivity contribution in [3.05, 3.63) is 63.6 Å². The predicted octanol–water partition coefficient (Wildman–Crippen LogP) is 3.00. The molecule has 0 saturated heterocycles. The Hall–Kier alpha value is -1.70. The molecule has 0 aliphatic carbocycles. The Morgan fingerprint density at radius 3 is 2.48 bits per heavy atom. The Labute approximate surface area is 157 Å². The van der Waals surface area contributed by atoms with Crippen molar-refractivity contribution in [1.29, 1.82) is 0 Å². The largest absolute Gasteiger partial charge is 0.351 e. The average Bonchev–Trinajstić information content (AvgIpc) is 2.55. The van der Waals surface area contributed by atoms with Crippen LogP contribution in [-0.2, 0) is 21.4 Å². The molecule has 5 nitrogen and oxygen atoms in total. The molecule has 0 aliphatic rings. The van der Waals surface area contributed by atoms with Crippen LogP contribution in [0.15, 0.2) is 51.8 Å². The molecule has 0 spiro atoms. The number of halogens is 1. The normalized spacial score (nSPS) is 11.6. The van der Waals surface area contributed by atoms with Crippen molar-refractivity contribution in [2.75, 3.05) is 13.6 Å². The van der Waals surface area contributed by atoms with Crippen LogP contribution in [0.2, 0.25) is 0 Å². The predicted molar refractivity (Wildman–Crippen MR) is 102 cm³/mol. The second-order valence-corrected chi connectivity index (χ2v) is 8.87. The third kappa shape index (κ3) is 5.14. The van der Waals surface area contributed by atoms with Crippen LogP contribution in [0, 0.1) is 13.8 Å². The van der Waals surface area contributed by atoms with E-state index in [4.69, 9.17) is 0 Å². The first-order chi connectivity index (χ1) is 11.7. The highest BCUT2D eigenvalue weighted by Gasteiger charge is 2.23. The van der Waals surface area contributed by atoms with E-state index in [9.17, 15) is 13.2 Å². The van der Waals surface area contributed by atoms with E-state index in [2.05, 4.69) is 21.2 Å². The number of hydrogen-bond donors (Lipinski definition) is 1. The van der Waals surface area contributed by atoms with Gasteiger partial charge in [-0.05, 0) is 54.8 Å². The Balaban J connectivity index is 2.00. The molecule has 7 heteroatoms. The quantitative estimate of drug-likeness (QED) is 0.774. The number of nitrogens with one attached hydrogen (secondary N) is 1. The smallest absolute Gasteiger partial charge is 0.243 e. The summed E-state index contributed by atoms with van der Waals surface area (Å²) in [5.74, 6) is -0.352. The van der Waals surface area contributed by atoms with Gasteiger partial charge in [-0.25, -0.2) is 8.42 Å². The summed E-state index contributed by atoms with van der Waals surface area (Å²) in [6, 6.07) is 12.5. The van der Waals surface area contributed by atoms with E-state index < -0.39 is 10.0 Å². The van der Waals surface area contributed by atoms with Crippen LogP contribution in [0.4, 0.5) is 0 Å². The number of hydrogen-bond acceptors (Lipinski definition) is 3. The molecule has 0 saturated carbocycles. The fraction of sp³-hybridized carbons (Fsp3) is 0.278. The van der Waals surface area contributed by atoms with Gasteiger partial charge in [0, 0.05) is 18.1 Å². The van der Waals surface area contributed by atoms with Crippen LogP contribution in [0.3, 0.4) is 0 Å². The van der Waals surface area contributed by atoms with Crippen molar-refractivity contribution in [3.8, 4) is 0 Å². The summed E-state index contributed by atoms with van der Waals surface area (Å²) >= 11 is 3.37. The molecule has 1 amide bonds. The molecule has 2 aromatic rings. The second kappa shape index (κ2) is 8.12. The van der Waals surface area contributed by atoms with Gasteiger partial charge in [0.1, 0.15) is 0 Å². The van der Waals surface area contributed by atoms with Crippen molar-refractivity contribution in [1.82, 2.24) is 9.62 Å². The Morgan fingerprint density at radius 1 is 1.12 bits per heavy atom. The number of aryl methyl sites for hydroxylation is 2. The lowest BCUT2D eigenvalue weighted by atomic mass is 10.1. The highest BCUT2D eigenvalue weighted by Crippen LogP contribution is 2.18. The summed E-state index contributed by atoms with van der Waals surface area (Å²) in [5.41, 5.74) is 2.85. The molecule has 25 heavy (non-hydrogen) atoms. The van der Waals surface area contributed by atoms with E-state index in [0.717, 1.165) is 25.5 Å². The van der Waals surface area contributed by atoms with Gasteiger partial charge in [-0.3, -0.25) is 4.79 Å². The van der Waals surface area contributed by atoms with Crippen LogP contribution in [0.25, 0.3) is 0 Å². The van der Waals surface area contributed by atoms with Gasteiger partial charge in [0.25, 0.3) is 0 Å². The van der Waals surface area contributed by atoms with Gasteiger partial charge < -0.3 is 5.32 Å². The summed E-state index contributed by atoms with van der Waals surface area (Å²) in [4.78, 5) is 12.3. The van der Waals surface area contributed by atoms with Crippen molar-refractivity contribution in [2.24, 2.45) is 0 Å². The van der Waals surface area contributed by atoms with Crippen LogP contribution < -0.4 is 5.32 Å². The Morgan fingerprint density at radius 2 is 1.84 bits per heavy atom. The highest BCUT2D eigenvalue weighted by molar-refractivity contribution is 9.10. The standard InChI is InChI=1S/C18H21BrN2O3S/c1-13-7-8-17(9-14(13)2)25(23,24)21(3)12-18(22)20-11-15-5-4-6-16(19)10-15/h4-10H,11-12H2,1-3H3,(H,20,22). The van der Waals surface area contributed by atoms with Gasteiger partial charge in [-0.2, -0.15) is 4.31 Å². The van der Waals surface area contributed by atoms with Gasteiger partial charge in [-0.1, -0.05) is 34.1 Å². The number of benzene rings is 2. The van der Waals surface area contributed by atoms with Crippen molar-refractivity contribution < 1.29 is 13.2 Å². The molecule has 134 valence electrons. The van der Waals surface area contributed by atoms with Gasteiger partial charge in [-0.15, -0.1) is 0 Å². The molecule has 0 aromatic heterocycles. The Bertz CT molecular complexity index is 882. The summed E-state index contributed by atoms with van der Waals surface area (Å²) in [6.07, 6.45) is 0. The summed E-state index contributed by atoms with van der Waals surface area (Å²) < 4.78 is 27.2. The molecule has 0 unspecified atom stereocenters. The first-order valence-electron chi connectivity index (χ1n) is 7.75. The number of nitrogens with zero attached hydrogens (tertiary/aromatic N) is 1. The maximum Gasteiger partial charge on any atom is 0.243 e. The van der Waals surface area contributed by atoms with E-state index in [-0.39, 0.29) is 17.3 Å². The molecular formula is C18H21BrN2O3S. The molecule has 0 atom stereocenters. The van der Waals surface area contributed by atoms with Gasteiger partial charge in [0.2, 0.25) is 15.9 Å². The number of amides is 1. The maximum absolute atomic E-state index is 12.6. The van der Waals surface area contributed by atoms with Crippen molar-refractivity contribution in [3.63, 3.8) is 0 Å². The van der Waals surface area contributed by atoms with E-state index in [0.29, 0.717) is 6.54 Å². The van der Waals surface area contributed by atoms with Crippen LogP contribution in [0.5, 0.6) is 0 Å². The van der Waals surface area contributed by atoms with Gasteiger partial charge >= 0.3 is 0 Å². The van der Waals surface area contributed by atoms with E-state index in [1.54, 1.807) is 18.2 Å². The second-order valence-electron chi connectivity index (χ2n) is 5.91. The topological polar surface area (TPSA) is 66.5 Å². The number of rotatable bonds is 6. The van der Waals surface area contributed by atoms with Gasteiger partial charge in [0.15, 0.2) is 0 Å². The van der Waals surface area contributed by atoms with Gasteiger partial charge in [0.05, 0.1) is 11.4 Å². The van der Waals surface area contributed by atoms with E-state index in [1.807, 2.05) is 38.1 Å². The van der Waals surface area contributed by atoms with E-state index in [1.165, 1.54) is 7.05 Å². The van der Waals surface area contributed by atoms with Crippen molar-refractivity contribution >= 4 is 31.9 Å². The molecule has 0 bridgehead atoms. The lowest BCUT2D eigenvalue weighted by Crippen LogP contribution is -2.38. The first-order valence-corrected chi connectivity index (χ1v) is 9.98. The van der Waals surface area contributed by atoms with Crippen LogP contribution >= 0.6 is 15.9 Å². The third-order valence-corrected chi connectivity index (χ3v) is 6.22. The lowest BCUT2D eigenvalue weighted by Gasteiger charge is -2.17. The first kappa shape index (κ1) is 19.6. The average molecular weight is 425 g/mol. The zero-order valence-corrected chi connectivity index (χ0v) is 16.8. The summed E-state index contributed by atoms with van der Waals surface area (Å²) in [7, 11) is -2.29. The highest BCUT2D eigenvalue weighted by atomic mass is 79.9. The van der Waals surface area contributed by atoms with Crippen molar-refractivity contribution in [2.45, 2.75) is 25.3 Å². The molecule has 2 aromatic carbocycles. The minimum absolute atomic E-state index is 0.192. The lowest BCUT2D eigenvalue weighted by molar-refractivity contribution is -0.121. The molecule has 1 N–H and O–H groups in total. The minimum Gasteiger partial charge on any atom is -0.351 e. The molecule has 2 rings (SSSR count). The monoisotopic (exact) mass is 424 g/mol. The molecule has 0 aliphatic heterocycles. The molecule has 0 heterocycles. The third-order valence-electron chi connectivity index (χ3n) is 3.93. The van der Waals surface area contributed by atoms with E-state index >= 15 is 0 Å². The minimum atomic E-state index is -3.70. The molecular weight excluding hydrogens is 404 g/mol. The Kier molecular flexibility index (Phi) is 6.37. The maximum atomic E-state index is 12.6. The number of carbonyl (C=O) groups is 1. The number of carbonyl (C=O) groups excluding carboxylic acids is 1. The summed E-state index contributed by atoms with van der Waals surface area (Å²) in [6.45, 7) is 3.89. The SMILES string of the molecule is Cc1ccc(S(=O)(=O)N(C)CC(=O)NCc2cccc(Br)c2)cc1C. The zero-order chi connectivity index (χ0) is 18.6.